The van der Waals surface area contributed by atoms with Crippen LogP contribution in [0.4, 0.5) is 0 Å². The summed E-state index contributed by atoms with van der Waals surface area (Å²) < 4.78 is 11.4. The van der Waals surface area contributed by atoms with E-state index in [2.05, 4.69) is 0 Å². The number of aliphatic hydroxyl groups excluding tert-OH is 1. The molecule has 0 spiro atoms. The lowest BCUT2D eigenvalue weighted by Gasteiger charge is -2.31. The predicted octanol–water partition coefficient (Wildman–Crippen LogP) is 5.63. The van der Waals surface area contributed by atoms with E-state index in [1.807, 2.05) is 45.0 Å². The minimum absolute atomic E-state index is 0.0110. The van der Waals surface area contributed by atoms with Gasteiger partial charge in [0, 0.05) is 11.6 Å². The molecule has 1 atom stereocenters. The van der Waals surface area contributed by atoms with Gasteiger partial charge < -0.3 is 19.5 Å². The molecule has 2 aromatic rings. The average molecular weight is 464 g/mol. The highest BCUT2D eigenvalue weighted by Crippen LogP contribution is 2.43. The van der Waals surface area contributed by atoms with Gasteiger partial charge in [-0.3, -0.25) is 9.59 Å². The van der Waals surface area contributed by atoms with Crippen LogP contribution in [0.15, 0.2) is 54.1 Å². The summed E-state index contributed by atoms with van der Waals surface area (Å²) in [6.45, 7) is 6.56. The lowest BCUT2D eigenvalue weighted by molar-refractivity contribution is -0.141. The van der Waals surface area contributed by atoms with Crippen LogP contribution >= 0.6 is 0 Å². The quantitative estimate of drug-likeness (QED) is 0.312. The monoisotopic (exact) mass is 463 g/mol. The first kappa shape index (κ1) is 23.9. The number of benzene rings is 2. The van der Waals surface area contributed by atoms with Crippen LogP contribution in [-0.2, 0) is 9.59 Å². The Morgan fingerprint density at radius 3 is 2.21 bits per heavy atom. The minimum atomic E-state index is -0.636. The van der Waals surface area contributed by atoms with Crippen molar-refractivity contribution in [3.8, 4) is 11.5 Å². The van der Waals surface area contributed by atoms with Crippen LogP contribution in [-0.4, -0.2) is 40.4 Å². The molecule has 0 bridgehead atoms. The number of carbonyl (C=O) groups is 2. The van der Waals surface area contributed by atoms with Gasteiger partial charge >= 0.3 is 0 Å². The van der Waals surface area contributed by atoms with E-state index in [9.17, 15) is 14.7 Å². The Morgan fingerprint density at radius 2 is 1.62 bits per heavy atom. The van der Waals surface area contributed by atoms with Gasteiger partial charge in [-0.25, -0.2) is 0 Å². The van der Waals surface area contributed by atoms with Crippen molar-refractivity contribution in [2.75, 3.05) is 6.61 Å². The second kappa shape index (κ2) is 10.3. The van der Waals surface area contributed by atoms with Crippen LogP contribution in [0.5, 0.6) is 11.5 Å². The molecule has 0 radical (unpaired) electrons. The van der Waals surface area contributed by atoms with E-state index >= 15 is 0 Å². The van der Waals surface area contributed by atoms with E-state index in [0.29, 0.717) is 17.9 Å². The Morgan fingerprint density at radius 1 is 1.00 bits per heavy atom. The first-order valence-corrected chi connectivity index (χ1v) is 12.2. The van der Waals surface area contributed by atoms with Gasteiger partial charge in [-0.1, -0.05) is 31.9 Å². The number of aliphatic hydroxyl groups is 1. The molecule has 1 aliphatic heterocycles. The zero-order valence-corrected chi connectivity index (χ0v) is 20.1. The van der Waals surface area contributed by atoms with Crippen molar-refractivity contribution in [2.24, 2.45) is 0 Å². The lowest BCUT2D eigenvalue weighted by Crippen LogP contribution is -2.37. The maximum atomic E-state index is 13.2. The van der Waals surface area contributed by atoms with Gasteiger partial charge in [0.1, 0.15) is 17.3 Å². The summed E-state index contributed by atoms with van der Waals surface area (Å²) in [4.78, 5) is 28.1. The van der Waals surface area contributed by atoms with Crippen molar-refractivity contribution in [1.29, 1.82) is 0 Å². The minimum Gasteiger partial charge on any atom is -0.507 e. The highest BCUT2D eigenvalue weighted by molar-refractivity contribution is 6.46. The number of amides is 1. The van der Waals surface area contributed by atoms with E-state index in [-0.39, 0.29) is 23.5 Å². The normalized spacial score (nSPS) is 20.4. The highest BCUT2D eigenvalue weighted by atomic mass is 16.5. The second-order valence-corrected chi connectivity index (χ2v) is 9.25. The van der Waals surface area contributed by atoms with Gasteiger partial charge in [-0.05, 0) is 75.1 Å². The smallest absolute Gasteiger partial charge is 0.295 e. The topological polar surface area (TPSA) is 76.1 Å². The number of ketones is 1. The Balaban J connectivity index is 1.75. The lowest BCUT2D eigenvalue weighted by atomic mass is 9.94. The predicted molar refractivity (Wildman–Crippen MR) is 131 cm³/mol. The van der Waals surface area contributed by atoms with Crippen molar-refractivity contribution in [3.05, 3.63) is 65.2 Å². The molecule has 2 fully saturated rings. The summed E-state index contributed by atoms with van der Waals surface area (Å²) in [5.74, 6) is 0.0850. The van der Waals surface area contributed by atoms with Gasteiger partial charge in [0.25, 0.3) is 11.7 Å². The number of nitrogens with zero attached hydrogens (tertiary/aromatic N) is 1. The molecule has 180 valence electrons. The Bertz CT molecular complexity index is 1050. The van der Waals surface area contributed by atoms with E-state index in [4.69, 9.17) is 9.47 Å². The Hall–Kier alpha value is -3.28. The molecule has 4 rings (SSSR count). The van der Waals surface area contributed by atoms with E-state index < -0.39 is 17.7 Å². The summed E-state index contributed by atoms with van der Waals surface area (Å²) >= 11 is 0. The fourth-order valence-corrected chi connectivity index (χ4v) is 4.82. The van der Waals surface area contributed by atoms with Crippen molar-refractivity contribution >= 4 is 17.4 Å². The molecule has 1 aliphatic carbocycles. The number of Topliss-reactive ketones (excluding diaryl/α,β-unsaturated/α-hetero) is 1. The first-order chi connectivity index (χ1) is 16.4. The standard InChI is InChI=1S/C28H33NO5/c1-4-17-33-22-13-11-20(12-14-22)26(30)24-25(19-9-15-23(16-10-19)34-18(2)3)29(28(32)27(24)31)21-7-5-6-8-21/h9-16,18,21,25,30H,4-8,17H2,1-3H3/b26-24-. The molecule has 0 aromatic heterocycles. The second-order valence-electron chi connectivity index (χ2n) is 9.25. The molecule has 1 N–H and O–H groups in total. The molecule has 6 heteroatoms. The van der Waals surface area contributed by atoms with E-state index in [0.717, 1.165) is 43.4 Å². The summed E-state index contributed by atoms with van der Waals surface area (Å²) in [5.41, 5.74) is 1.40. The van der Waals surface area contributed by atoms with Gasteiger partial charge in [0.15, 0.2) is 0 Å². The third-order valence-corrected chi connectivity index (χ3v) is 6.37. The number of hydrogen-bond donors (Lipinski definition) is 1. The van der Waals surface area contributed by atoms with Gasteiger partial charge in [0.05, 0.1) is 24.3 Å². The molecule has 1 heterocycles. The van der Waals surface area contributed by atoms with Crippen LogP contribution in [0.25, 0.3) is 5.76 Å². The zero-order chi connectivity index (χ0) is 24.2. The maximum absolute atomic E-state index is 13.2. The van der Waals surface area contributed by atoms with Crippen LogP contribution in [0, 0.1) is 0 Å². The Labute approximate surface area is 201 Å². The third kappa shape index (κ3) is 4.81. The number of hydrogen-bond acceptors (Lipinski definition) is 5. The van der Waals surface area contributed by atoms with Gasteiger partial charge in [0.2, 0.25) is 0 Å². The third-order valence-electron chi connectivity index (χ3n) is 6.37. The zero-order valence-electron chi connectivity index (χ0n) is 20.1. The fourth-order valence-electron chi connectivity index (χ4n) is 4.82. The molecule has 34 heavy (non-hydrogen) atoms. The average Bonchev–Trinajstić information content (AvgIpc) is 3.44. The molecule has 2 aliphatic rings. The van der Waals surface area contributed by atoms with Crippen LogP contribution in [0.3, 0.4) is 0 Å². The largest absolute Gasteiger partial charge is 0.507 e. The molecule has 1 saturated carbocycles. The molecular weight excluding hydrogens is 430 g/mol. The van der Waals surface area contributed by atoms with Crippen molar-refractivity contribution < 1.29 is 24.2 Å². The molecule has 1 unspecified atom stereocenters. The number of likely N-dealkylation sites (tertiary alicyclic amines) is 1. The van der Waals surface area contributed by atoms with Crippen molar-refractivity contribution in [2.45, 2.75) is 71.1 Å². The molecule has 1 saturated heterocycles. The van der Waals surface area contributed by atoms with Crippen LogP contribution in [0.2, 0.25) is 0 Å². The van der Waals surface area contributed by atoms with E-state index in [1.165, 1.54) is 0 Å². The molecule has 2 aromatic carbocycles. The molecule has 6 nitrogen and oxygen atoms in total. The number of carbonyl (C=O) groups excluding carboxylic acids is 2. The molecule has 1 amide bonds. The van der Waals surface area contributed by atoms with Gasteiger partial charge in [-0.2, -0.15) is 0 Å². The van der Waals surface area contributed by atoms with Gasteiger partial charge in [-0.15, -0.1) is 0 Å². The van der Waals surface area contributed by atoms with Crippen molar-refractivity contribution in [3.63, 3.8) is 0 Å². The maximum Gasteiger partial charge on any atom is 0.295 e. The summed E-state index contributed by atoms with van der Waals surface area (Å²) in [6.07, 6.45) is 4.72. The fraction of sp³-hybridized carbons (Fsp3) is 0.429. The number of ether oxygens (including phenoxy) is 2. The SMILES string of the molecule is CCCOc1ccc(/C(O)=C2/C(=O)C(=O)N(C3CCCC3)C2c2ccc(OC(C)C)cc2)cc1. The van der Waals surface area contributed by atoms with Crippen molar-refractivity contribution in [1.82, 2.24) is 4.90 Å². The molecular formula is C28H33NO5. The van der Waals surface area contributed by atoms with Crippen LogP contribution in [0.1, 0.15) is 70.0 Å². The summed E-state index contributed by atoms with van der Waals surface area (Å²) in [7, 11) is 0. The summed E-state index contributed by atoms with van der Waals surface area (Å²) in [5, 5.41) is 11.3. The number of rotatable bonds is 8. The first-order valence-electron chi connectivity index (χ1n) is 12.2. The van der Waals surface area contributed by atoms with Crippen LogP contribution < -0.4 is 9.47 Å². The highest BCUT2D eigenvalue weighted by Gasteiger charge is 2.49. The van der Waals surface area contributed by atoms with E-state index in [1.54, 1.807) is 29.2 Å². The summed E-state index contributed by atoms with van der Waals surface area (Å²) in [6, 6.07) is 13.8. The Kier molecular flexibility index (Phi) is 7.25.